The van der Waals surface area contributed by atoms with E-state index in [1.165, 1.54) is 5.56 Å². The summed E-state index contributed by atoms with van der Waals surface area (Å²) in [6, 6.07) is 9.71. The molecule has 0 spiro atoms. The second-order valence-electron chi connectivity index (χ2n) is 6.50. The second kappa shape index (κ2) is 7.39. The highest BCUT2D eigenvalue weighted by Crippen LogP contribution is 2.28. The summed E-state index contributed by atoms with van der Waals surface area (Å²) in [7, 11) is -3.60. The molecule has 2 aromatic rings. The van der Waals surface area contributed by atoms with Crippen LogP contribution in [0.3, 0.4) is 0 Å². The zero-order valence-electron chi connectivity index (χ0n) is 15.2. The molecule has 0 atom stereocenters. The van der Waals surface area contributed by atoms with Crippen LogP contribution in [-0.2, 0) is 16.4 Å². The third-order valence-corrected chi connectivity index (χ3v) is 6.25. The highest BCUT2D eigenvalue weighted by molar-refractivity contribution is 7.92. The second-order valence-corrected chi connectivity index (χ2v) is 8.11. The van der Waals surface area contributed by atoms with Crippen molar-refractivity contribution in [2.45, 2.75) is 58.8 Å². The van der Waals surface area contributed by atoms with Crippen LogP contribution in [0.15, 0.2) is 35.2 Å². The third kappa shape index (κ3) is 3.99. The Balaban J connectivity index is 2.33. The molecule has 3 nitrogen and oxygen atoms in total. The molecule has 2 rings (SSSR count). The van der Waals surface area contributed by atoms with Crippen LogP contribution in [0.5, 0.6) is 0 Å². The smallest absolute Gasteiger partial charge is 0.262 e. The molecule has 0 aliphatic heterocycles. The van der Waals surface area contributed by atoms with Crippen LogP contribution < -0.4 is 4.72 Å². The molecule has 0 amide bonds. The Kier molecular flexibility index (Phi) is 5.70. The van der Waals surface area contributed by atoms with E-state index in [0.29, 0.717) is 10.6 Å². The molecule has 4 heteroatoms. The van der Waals surface area contributed by atoms with E-state index in [2.05, 4.69) is 11.6 Å². The highest BCUT2D eigenvalue weighted by Gasteiger charge is 2.22. The fourth-order valence-corrected chi connectivity index (χ4v) is 4.59. The van der Waals surface area contributed by atoms with Crippen molar-refractivity contribution < 1.29 is 8.42 Å². The fourth-order valence-electron chi connectivity index (χ4n) is 2.91. The van der Waals surface area contributed by atoms with Gasteiger partial charge in [0.05, 0.1) is 4.90 Å². The lowest BCUT2D eigenvalue weighted by atomic mass is 10.0. The van der Waals surface area contributed by atoms with Crippen molar-refractivity contribution >= 4 is 15.7 Å². The molecule has 0 radical (unpaired) electrons. The molecule has 0 saturated carbocycles. The minimum Gasteiger partial charge on any atom is -0.280 e. The molecule has 0 bridgehead atoms. The normalized spacial score (nSPS) is 11.5. The first-order chi connectivity index (χ1) is 11.3. The van der Waals surface area contributed by atoms with E-state index in [1.807, 2.05) is 58.0 Å². The van der Waals surface area contributed by atoms with Gasteiger partial charge in [-0.15, -0.1) is 0 Å². The van der Waals surface area contributed by atoms with E-state index in [-0.39, 0.29) is 0 Å². The van der Waals surface area contributed by atoms with Crippen molar-refractivity contribution in [3.05, 3.63) is 58.1 Å². The number of nitrogens with one attached hydrogen (secondary N) is 1. The maximum absolute atomic E-state index is 12.9. The number of unbranched alkanes of at least 4 members (excludes halogenated alkanes) is 1. The molecule has 0 saturated heterocycles. The Morgan fingerprint density at radius 1 is 0.917 bits per heavy atom. The van der Waals surface area contributed by atoms with E-state index < -0.39 is 10.0 Å². The van der Waals surface area contributed by atoms with Crippen molar-refractivity contribution in [1.29, 1.82) is 0 Å². The van der Waals surface area contributed by atoms with Crippen molar-refractivity contribution in [3.8, 4) is 0 Å². The van der Waals surface area contributed by atoms with Crippen LogP contribution in [-0.4, -0.2) is 8.42 Å². The van der Waals surface area contributed by atoms with Crippen LogP contribution >= 0.6 is 0 Å². The van der Waals surface area contributed by atoms with Gasteiger partial charge in [-0.3, -0.25) is 4.72 Å². The van der Waals surface area contributed by atoms with Gasteiger partial charge < -0.3 is 0 Å². The first-order valence-electron chi connectivity index (χ1n) is 8.45. The molecular formula is C20H27NO2S. The molecule has 0 heterocycles. The van der Waals surface area contributed by atoms with Crippen LogP contribution in [0.2, 0.25) is 0 Å². The molecule has 0 aromatic heterocycles. The molecule has 2 aromatic carbocycles. The summed E-state index contributed by atoms with van der Waals surface area (Å²) < 4.78 is 28.5. The zero-order valence-corrected chi connectivity index (χ0v) is 16.0. The van der Waals surface area contributed by atoms with E-state index in [9.17, 15) is 8.42 Å². The minimum absolute atomic E-state index is 0.398. The quantitative estimate of drug-likeness (QED) is 0.795. The number of benzene rings is 2. The zero-order chi connectivity index (χ0) is 17.9. The number of sulfonamides is 1. The summed E-state index contributed by atoms with van der Waals surface area (Å²) in [5.74, 6) is 0. The summed E-state index contributed by atoms with van der Waals surface area (Å²) in [6.07, 6.45) is 3.32. The maximum atomic E-state index is 12.9. The van der Waals surface area contributed by atoms with E-state index in [4.69, 9.17) is 0 Å². The largest absolute Gasteiger partial charge is 0.280 e. The van der Waals surface area contributed by atoms with Crippen molar-refractivity contribution in [2.75, 3.05) is 4.72 Å². The van der Waals surface area contributed by atoms with Gasteiger partial charge in [0.25, 0.3) is 10.0 Å². The number of rotatable bonds is 6. The average Bonchev–Trinajstić information content (AvgIpc) is 2.52. The first kappa shape index (κ1) is 18.5. The molecule has 24 heavy (non-hydrogen) atoms. The molecule has 0 fully saturated rings. The SMILES string of the molecule is CCCCc1ccc(NS(=O)(=O)c2c(C)c(C)cc(C)c2C)cc1. The van der Waals surface area contributed by atoms with E-state index in [0.717, 1.165) is 41.5 Å². The highest BCUT2D eigenvalue weighted by atomic mass is 32.2. The van der Waals surface area contributed by atoms with Gasteiger partial charge in [0.1, 0.15) is 0 Å². The van der Waals surface area contributed by atoms with Crippen molar-refractivity contribution in [1.82, 2.24) is 0 Å². The lowest BCUT2D eigenvalue weighted by Gasteiger charge is -2.17. The summed E-state index contributed by atoms with van der Waals surface area (Å²) in [5, 5.41) is 0. The number of hydrogen-bond acceptors (Lipinski definition) is 2. The lowest BCUT2D eigenvalue weighted by Crippen LogP contribution is -2.17. The van der Waals surface area contributed by atoms with Gasteiger partial charge in [-0.25, -0.2) is 8.42 Å². The summed E-state index contributed by atoms with van der Waals surface area (Å²) in [4.78, 5) is 0.398. The molecule has 130 valence electrons. The van der Waals surface area contributed by atoms with Gasteiger partial charge in [-0.05, 0) is 80.5 Å². The molecule has 0 aliphatic rings. The van der Waals surface area contributed by atoms with E-state index in [1.54, 1.807) is 0 Å². The van der Waals surface area contributed by atoms with Gasteiger partial charge in [0.15, 0.2) is 0 Å². The Bertz CT molecular complexity index is 795. The van der Waals surface area contributed by atoms with Gasteiger partial charge in [-0.2, -0.15) is 0 Å². The third-order valence-electron chi connectivity index (χ3n) is 4.59. The van der Waals surface area contributed by atoms with Crippen LogP contribution in [0, 0.1) is 27.7 Å². The van der Waals surface area contributed by atoms with E-state index >= 15 is 0 Å². The minimum atomic E-state index is -3.60. The monoisotopic (exact) mass is 345 g/mol. The fraction of sp³-hybridized carbons (Fsp3) is 0.400. The summed E-state index contributed by atoms with van der Waals surface area (Å²) in [6.45, 7) is 9.79. The standard InChI is InChI=1S/C20H27NO2S/c1-6-7-8-18-9-11-19(12-10-18)21-24(22,23)20-16(4)14(2)13-15(3)17(20)5/h9-13,21H,6-8H2,1-5H3. The Labute approximate surface area is 146 Å². The predicted octanol–water partition coefficient (Wildman–Crippen LogP) is 5.06. The van der Waals surface area contributed by atoms with Gasteiger partial charge >= 0.3 is 0 Å². The maximum Gasteiger partial charge on any atom is 0.262 e. The molecular weight excluding hydrogens is 318 g/mol. The van der Waals surface area contributed by atoms with Crippen LogP contribution in [0.4, 0.5) is 5.69 Å². The number of aryl methyl sites for hydroxylation is 3. The summed E-state index contributed by atoms with van der Waals surface area (Å²) >= 11 is 0. The van der Waals surface area contributed by atoms with Gasteiger partial charge in [0.2, 0.25) is 0 Å². The van der Waals surface area contributed by atoms with Crippen molar-refractivity contribution in [3.63, 3.8) is 0 Å². The lowest BCUT2D eigenvalue weighted by molar-refractivity contribution is 0.599. The average molecular weight is 346 g/mol. The van der Waals surface area contributed by atoms with Crippen LogP contribution in [0.1, 0.15) is 47.6 Å². The van der Waals surface area contributed by atoms with Gasteiger partial charge in [0, 0.05) is 5.69 Å². The Morgan fingerprint density at radius 2 is 1.46 bits per heavy atom. The van der Waals surface area contributed by atoms with Crippen LogP contribution in [0.25, 0.3) is 0 Å². The van der Waals surface area contributed by atoms with Gasteiger partial charge in [-0.1, -0.05) is 31.5 Å². The molecule has 1 N–H and O–H groups in total. The number of anilines is 1. The number of hydrogen-bond donors (Lipinski definition) is 1. The van der Waals surface area contributed by atoms with Crippen molar-refractivity contribution in [2.24, 2.45) is 0 Å². The predicted molar refractivity (Wildman–Crippen MR) is 101 cm³/mol. The Morgan fingerprint density at radius 3 is 1.96 bits per heavy atom. The Hall–Kier alpha value is -1.81. The molecule has 0 aliphatic carbocycles. The first-order valence-corrected chi connectivity index (χ1v) is 9.93. The topological polar surface area (TPSA) is 46.2 Å². The molecule has 0 unspecified atom stereocenters. The summed E-state index contributed by atoms with van der Waals surface area (Å²) in [5.41, 5.74) is 5.45.